The molecule has 2 aromatic carbocycles. The summed E-state index contributed by atoms with van der Waals surface area (Å²) in [6.07, 6.45) is 1.91. The van der Waals surface area contributed by atoms with Gasteiger partial charge in [0.25, 0.3) is 5.91 Å². The van der Waals surface area contributed by atoms with Crippen LogP contribution in [0.2, 0.25) is 0 Å². The van der Waals surface area contributed by atoms with Crippen molar-refractivity contribution in [3.8, 4) is 5.75 Å². The van der Waals surface area contributed by atoms with Crippen LogP contribution >= 0.6 is 0 Å². The number of para-hydroxylation sites is 1. The molecule has 0 saturated carbocycles. The van der Waals surface area contributed by atoms with Crippen molar-refractivity contribution in [2.45, 2.75) is 38.8 Å². The highest BCUT2D eigenvalue weighted by Crippen LogP contribution is 2.23. The zero-order valence-electron chi connectivity index (χ0n) is 19.0. The Kier molecular flexibility index (Phi) is 8.50. The van der Waals surface area contributed by atoms with Gasteiger partial charge in [0, 0.05) is 30.5 Å². The van der Waals surface area contributed by atoms with E-state index in [-0.39, 0.29) is 30.4 Å². The van der Waals surface area contributed by atoms with Crippen LogP contribution in [0.5, 0.6) is 5.75 Å². The lowest BCUT2D eigenvalue weighted by molar-refractivity contribution is -0.144. The monoisotopic (exact) mass is 439 g/mol. The molecular weight excluding hydrogens is 406 g/mol. The first-order chi connectivity index (χ1) is 15.5. The third-order valence-electron chi connectivity index (χ3n) is 5.66. The number of nitrogens with zero attached hydrogens (tertiary/aromatic N) is 1. The van der Waals surface area contributed by atoms with E-state index < -0.39 is 0 Å². The number of methoxy groups -OCH3 is 1. The molecule has 1 aliphatic heterocycles. The Labute approximate surface area is 190 Å². The van der Waals surface area contributed by atoms with Crippen molar-refractivity contribution in [3.05, 3.63) is 54.6 Å². The summed E-state index contributed by atoms with van der Waals surface area (Å²) in [6.45, 7) is 5.82. The molecule has 7 nitrogen and oxygen atoms in total. The number of rotatable bonds is 9. The van der Waals surface area contributed by atoms with Crippen LogP contribution in [0.25, 0.3) is 0 Å². The van der Waals surface area contributed by atoms with Gasteiger partial charge in [0.05, 0.1) is 7.11 Å². The fourth-order valence-corrected chi connectivity index (χ4v) is 3.84. The molecule has 1 saturated heterocycles. The third-order valence-corrected chi connectivity index (χ3v) is 5.66. The predicted octanol–water partition coefficient (Wildman–Crippen LogP) is 3.46. The van der Waals surface area contributed by atoms with Gasteiger partial charge >= 0.3 is 5.97 Å². The Morgan fingerprint density at radius 1 is 1.03 bits per heavy atom. The first kappa shape index (κ1) is 23.6. The molecule has 0 unspecified atom stereocenters. The fraction of sp³-hybridized carbons (Fsp3) is 0.440. The van der Waals surface area contributed by atoms with Gasteiger partial charge in [-0.2, -0.15) is 0 Å². The zero-order chi connectivity index (χ0) is 22.9. The van der Waals surface area contributed by atoms with E-state index in [0.29, 0.717) is 11.8 Å². The molecule has 1 amide bonds. The number of piperidine rings is 1. The second-order valence-corrected chi connectivity index (χ2v) is 8.37. The molecule has 7 heteroatoms. The van der Waals surface area contributed by atoms with Crippen LogP contribution in [0.15, 0.2) is 54.6 Å². The minimum Gasteiger partial charge on any atom is -0.484 e. The number of hydrogen-bond donors (Lipinski definition) is 2. The number of hydrogen-bond acceptors (Lipinski definition) is 6. The van der Waals surface area contributed by atoms with Crippen LogP contribution in [0, 0.1) is 5.92 Å². The molecule has 1 aliphatic rings. The minimum absolute atomic E-state index is 0.0325. The summed E-state index contributed by atoms with van der Waals surface area (Å²) in [6, 6.07) is 17.2. The van der Waals surface area contributed by atoms with E-state index >= 15 is 0 Å². The Morgan fingerprint density at radius 3 is 2.28 bits per heavy atom. The fourth-order valence-electron chi connectivity index (χ4n) is 3.84. The molecular formula is C25H33N3O4. The standard InChI is InChI=1S/C25H33N3O4/c1-18(2)24(25(30)31-3)27-20-13-15-28(16-14-20)21-11-9-19(10-12-21)26-23(29)17-32-22-7-5-4-6-8-22/h4-12,18,20,24,27H,13-17H2,1-3H3,(H,26,29)/t24-/m0/s1. The smallest absolute Gasteiger partial charge is 0.323 e. The zero-order valence-corrected chi connectivity index (χ0v) is 19.0. The summed E-state index contributed by atoms with van der Waals surface area (Å²) < 4.78 is 10.4. The SMILES string of the molecule is COC(=O)[C@@H](NC1CCN(c2ccc(NC(=O)COc3ccccc3)cc2)CC1)C(C)C. The van der Waals surface area contributed by atoms with Crippen molar-refractivity contribution in [3.63, 3.8) is 0 Å². The highest BCUT2D eigenvalue weighted by molar-refractivity contribution is 5.92. The van der Waals surface area contributed by atoms with E-state index in [2.05, 4.69) is 15.5 Å². The Hall–Kier alpha value is -3.06. The van der Waals surface area contributed by atoms with Gasteiger partial charge in [0.1, 0.15) is 11.8 Å². The van der Waals surface area contributed by atoms with Crippen LogP contribution in [0.4, 0.5) is 11.4 Å². The Balaban J connectivity index is 1.45. The van der Waals surface area contributed by atoms with E-state index in [1.807, 2.05) is 68.4 Å². The molecule has 1 atom stereocenters. The first-order valence-electron chi connectivity index (χ1n) is 11.1. The molecule has 0 aromatic heterocycles. The van der Waals surface area contributed by atoms with Crippen LogP contribution in [0.3, 0.4) is 0 Å². The summed E-state index contributed by atoms with van der Waals surface area (Å²) >= 11 is 0. The lowest BCUT2D eigenvalue weighted by atomic mass is 9.99. The van der Waals surface area contributed by atoms with E-state index in [0.717, 1.165) is 37.3 Å². The summed E-state index contributed by atoms with van der Waals surface area (Å²) in [4.78, 5) is 26.5. The molecule has 1 heterocycles. The molecule has 0 bridgehead atoms. The Morgan fingerprint density at radius 2 is 1.69 bits per heavy atom. The lowest BCUT2D eigenvalue weighted by Crippen LogP contribution is -2.51. The van der Waals surface area contributed by atoms with Crippen molar-refractivity contribution >= 4 is 23.3 Å². The third kappa shape index (κ3) is 6.72. The Bertz CT molecular complexity index is 863. The van der Waals surface area contributed by atoms with Crippen molar-refractivity contribution in [2.24, 2.45) is 5.92 Å². The predicted molar refractivity (Wildman–Crippen MR) is 126 cm³/mol. The van der Waals surface area contributed by atoms with E-state index in [1.54, 1.807) is 0 Å². The summed E-state index contributed by atoms with van der Waals surface area (Å²) in [5.41, 5.74) is 1.86. The van der Waals surface area contributed by atoms with Gasteiger partial charge in [-0.05, 0) is 55.2 Å². The van der Waals surface area contributed by atoms with E-state index in [1.165, 1.54) is 7.11 Å². The molecule has 0 aliphatic carbocycles. The lowest BCUT2D eigenvalue weighted by Gasteiger charge is -2.36. The topological polar surface area (TPSA) is 79.9 Å². The molecule has 32 heavy (non-hydrogen) atoms. The maximum Gasteiger partial charge on any atom is 0.323 e. The summed E-state index contributed by atoms with van der Waals surface area (Å²) in [7, 11) is 1.43. The highest BCUT2D eigenvalue weighted by atomic mass is 16.5. The molecule has 0 spiro atoms. The number of nitrogens with one attached hydrogen (secondary N) is 2. The summed E-state index contributed by atoms with van der Waals surface area (Å²) in [5.74, 6) is 0.455. The quantitative estimate of drug-likeness (QED) is 0.583. The molecule has 1 fully saturated rings. The van der Waals surface area contributed by atoms with Gasteiger partial charge < -0.3 is 25.0 Å². The average Bonchev–Trinajstić information content (AvgIpc) is 2.82. The minimum atomic E-state index is -0.273. The number of ether oxygens (including phenoxy) is 2. The number of esters is 1. The van der Waals surface area contributed by atoms with Gasteiger partial charge in [-0.15, -0.1) is 0 Å². The number of anilines is 2. The van der Waals surface area contributed by atoms with Gasteiger partial charge in [0.15, 0.2) is 6.61 Å². The maximum absolute atomic E-state index is 12.1. The number of benzene rings is 2. The summed E-state index contributed by atoms with van der Waals surface area (Å²) in [5, 5.41) is 6.33. The normalized spacial score (nSPS) is 15.3. The number of carbonyl (C=O) groups is 2. The largest absolute Gasteiger partial charge is 0.484 e. The van der Waals surface area contributed by atoms with Gasteiger partial charge in [-0.3, -0.25) is 9.59 Å². The highest BCUT2D eigenvalue weighted by Gasteiger charge is 2.28. The van der Waals surface area contributed by atoms with Gasteiger partial charge in [-0.25, -0.2) is 0 Å². The second kappa shape index (κ2) is 11.5. The number of amides is 1. The van der Waals surface area contributed by atoms with E-state index in [4.69, 9.17) is 9.47 Å². The van der Waals surface area contributed by atoms with Crippen molar-refractivity contribution in [1.29, 1.82) is 0 Å². The van der Waals surface area contributed by atoms with Crippen LogP contribution < -0.4 is 20.3 Å². The van der Waals surface area contributed by atoms with Crippen LogP contribution in [0.1, 0.15) is 26.7 Å². The van der Waals surface area contributed by atoms with Crippen molar-refractivity contribution < 1.29 is 19.1 Å². The molecule has 0 radical (unpaired) electrons. The average molecular weight is 440 g/mol. The van der Waals surface area contributed by atoms with Gasteiger partial charge in [0.2, 0.25) is 0 Å². The van der Waals surface area contributed by atoms with E-state index in [9.17, 15) is 9.59 Å². The first-order valence-corrected chi connectivity index (χ1v) is 11.1. The molecule has 172 valence electrons. The maximum atomic E-state index is 12.1. The number of carbonyl (C=O) groups excluding carboxylic acids is 2. The van der Waals surface area contributed by atoms with Crippen LogP contribution in [-0.4, -0.2) is 50.8 Å². The van der Waals surface area contributed by atoms with Gasteiger partial charge in [-0.1, -0.05) is 32.0 Å². The van der Waals surface area contributed by atoms with Crippen molar-refractivity contribution in [2.75, 3.05) is 37.0 Å². The molecule has 3 rings (SSSR count). The van der Waals surface area contributed by atoms with Crippen LogP contribution in [-0.2, 0) is 14.3 Å². The molecule has 2 N–H and O–H groups in total. The second-order valence-electron chi connectivity index (χ2n) is 8.37. The van der Waals surface area contributed by atoms with Crippen molar-refractivity contribution in [1.82, 2.24) is 5.32 Å². The molecule has 2 aromatic rings.